The number of thiophene rings is 1. The molecule has 3 aliphatic rings. The highest BCUT2D eigenvalue weighted by atomic mass is 32.1. The van der Waals surface area contributed by atoms with Crippen molar-refractivity contribution in [2.75, 3.05) is 4.90 Å². The van der Waals surface area contributed by atoms with Crippen molar-refractivity contribution in [1.29, 1.82) is 0 Å². The molecule has 1 aliphatic heterocycles. The van der Waals surface area contributed by atoms with Crippen molar-refractivity contribution in [3.05, 3.63) is 191 Å². The SMILES string of the molecule is CC1(C)C2=C(c3ccccc31)c1cccc3c1C(C2)c1cc(N(c2ccccc2)c2ccccc2)cc(-c2cccc4c2[nH]c2sc5ccccc5c24)c1B3. The first-order valence-electron chi connectivity index (χ1n) is 19.5. The Morgan fingerprint density at radius 3 is 2.13 bits per heavy atom. The Bertz CT molecular complexity index is 3040. The van der Waals surface area contributed by atoms with Crippen LogP contribution in [0.4, 0.5) is 17.1 Å². The van der Waals surface area contributed by atoms with Gasteiger partial charge in [-0.15, -0.1) is 11.3 Å². The average Bonchev–Trinajstić information content (AvgIpc) is 3.85. The van der Waals surface area contributed by atoms with Crippen molar-refractivity contribution in [2.24, 2.45) is 0 Å². The van der Waals surface area contributed by atoms with Crippen molar-refractivity contribution in [3.8, 4) is 11.1 Å². The van der Waals surface area contributed by atoms with Gasteiger partial charge in [0.05, 0.1) is 5.52 Å². The second-order valence-corrected chi connectivity index (χ2v) is 17.1. The van der Waals surface area contributed by atoms with Crippen LogP contribution in [0, 0.1) is 0 Å². The van der Waals surface area contributed by atoms with Crippen LogP contribution in [0.2, 0.25) is 0 Å². The minimum atomic E-state index is -0.0395. The summed E-state index contributed by atoms with van der Waals surface area (Å²) in [6.45, 7) is 4.89. The van der Waals surface area contributed by atoms with Crippen LogP contribution >= 0.6 is 11.3 Å². The predicted octanol–water partition coefficient (Wildman–Crippen LogP) is 12.0. The molecular formula is C51H37BN2S. The molecule has 3 heterocycles. The highest BCUT2D eigenvalue weighted by Gasteiger charge is 2.45. The zero-order valence-corrected chi connectivity index (χ0v) is 31.7. The number of nitrogens with zero attached hydrogens (tertiary/aromatic N) is 1. The van der Waals surface area contributed by atoms with Crippen LogP contribution in [0.1, 0.15) is 54.0 Å². The van der Waals surface area contributed by atoms with Gasteiger partial charge in [-0.05, 0) is 87.8 Å². The minimum Gasteiger partial charge on any atom is -0.346 e. The molecule has 1 atom stereocenters. The van der Waals surface area contributed by atoms with Crippen molar-refractivity contribution in [2.45, 2.75) is 31.6 Å². The fraction of sp³-hybridized carbons (Fsp3) is 0.0980. The Morgan fingerprint density at radius 1 is 0.636 bits per heavy atom. The molecule has 0 saturated heterocycles. The summed E-state index contributed by atoms with van der Waals surface area (Å²) in [6, 6.07) is 58.8. The summed E-state index contributed by atoms with van der Waals surface area (Å²) in [4.78, 5) is 7.66. The van der Waals surface area contributed by atoms with Crippen LogP contribution in [-0.4, -0.2) is 12.3 Å². The predicted molar refractivity (Wildman–Crippen MR) is 236 cm³/mol. The normalized spacial score (nSPS) is 16.1. The first-order chi connectivity index (χ1) is 27.0. The van der Waals surface area contributed by atoms with Gasteiger partial charge in [0.2, 0.25) is 0 Å². The van der Waals surface area contributed by atoms with Gasteiger partial charge in [0, 0.05) is 54.8 Å². The van der Waals surface area contributed by atoms with Crippen molar-refractivity contribution < 1.29 is 0 Å². The van der Waals surface area contributed by atoms with Crippen LogP contribution in [0.3, 0.4) is 0 Å². The topological polar surface area (TPSA) is 19.0 Å². The van der Waals surface area contributed by atoms with E-state index in [0.717, 1.165) is 25.1 Å². The van der Waals surface area contributed by atoms with Gasteiger partial charge in [0.15, 0.2) is 7.28 Å². The Morgan fingerprint density at radius 2 is 1.31 bits per heavy atom. The number of aromatic nitrogens is 1. The molecule has 4 heteroatoms. The summed E-state index contributed by atoms with van der Waals surface area (Å²) in [5.41, 5.74) is 20.5. The fourth-order valence-electron chi connectivity index (χ4n) is 10.5. The van der Waals surface area contributed by atoms with Crippen LogP contribution < -0.4 is 15.8 Å². The van der Waals surface area contributed by atoms with Crippen molar-refractivity contribution in [1.82, 2.24) is 4.98 Å². The number of benzene rings is 7. The molecule has 0 radical (unpaired) electrons. The maximum Gasteiger partial charge on any atom is 0.193 e. The molecule has 2 aliphatic carbocycles. The minimum absolute atomic E-state index is 0.0395. The van der Waals surface area contributed by atoms with E-state index in [1.54, 1.807) is 5.57 Å². The number of H-pyrrole nitrogens is 1. The number of hydrogen-bond donors (Lipinski definition) is 1. The summed E-state index contributed by atoms with van der Waals surface area (Å²) < 4.78 is 1.33. The summed E-state index contributed by atoms with van der Waals surface area (Å²) in [5, 5.41) is 3.96. The first kappa shape index (κ1) is 31.3. The lowest BCUT2D eigenvalue weighted by atomic mass is 9.50. The highest BCUT2D eigenvalue weighted by Crippen LogP contribution is 2.57. The standard InChI is InChI=1S/C51H37BN2S/c1-51(2)41-24-11-9-19-34(41)45-36-22-14-25-43-46(36)38(29-42(45)51)40-28-32(54(30-15-5-3-6-16-30)31-17-7-4-8-18-31)27-39(48(40)52-43)33-21-13-23-37-47-35-20-10-12-26-44(35)55-50(47)53-49(33)37/h3-28,38,52-53H,29H2,1-2H3. The monoisotopic (exact) mass is 720 g/mol. The number of nitrogens with one attached hydrogen (secondary N) is 1. The molecule has 1 N–H and O–H groups in total. The molecule has 2 nitrogen and oxygen atoms in total. The quantitative estimate of drug-likeness (QED) is 0.179. The third-order valence-electron chi connectivity index (χ3n) is 12.9. The van der Waals surface area contributed by atoms with Gasteiger partial charge in [-0.25, -0.2) is 0 Å². The van der Waals surface area contributed by atoms with E-state index in [4.69, 9.17) is 0 Å². The number of hydrogen-bond acceptors (Lipinski definition) is 2. The van der Waals surface area contributed by atoms with E-state index in [1.165, 1.54) is 92.3 Å². The third kappa shape index (κ3) is 4.37. The van der Waals surface area contributed by atoms with Gasteiger partial charge in [0.25, 0.3) is 0 Å². The lowest BCUT2D eigenvalue weighted by Gasteiger charge is -2.39. The summed E-state index contributed by atoms with van der Waals surface area (Å²) in [5.74, 6) is 0.254. The van der Waals surface area contributed by atoms with E-state index in [2.05, 4.69) is 181 Å². The number of para-hydroxylation sites is 3. The third-order valence-corrected chi connectivity index (χ3v) is 14.0. The Labute approximate surface area is 325 Å². The zero-order chi connectivity index (χ0) is 36.4. The Hall–Kier alpha value is -6.10. The molecule has 0 amide bonds. The Kier molecular flexibility index (Phi) is 6.52. The zero-order valence-electron chi connectivity index (χ0n) is 30.9. The van der Waals surface area contributed by atoms with Gasteiger partial charge in [-0.1, -0.05) is 146 Å². The number of allylic oxidation sites excluding steroid dienone is 1. The smallest absolute Gasteiger partial charge is 0.193 e. The molecule has 7 aromatic carbocycles. The molecule has 0 bridgehead atoms. The second kappa shape index (κ2) is 11.5. The van der Waals surface area contributed by atoms with Gasteiger partial charge in [0.1, 0.15) is 4.83 Å². The molecule has 1 unspecified atom stereocenters. The lowest BCUT2D eigenvalue weighted by molar-refractivity contribution is 0.586. The number of anilines is 3. The average molecular weight is 721 g/mol. The van der Waals surface area contributed by atoms with E-state index < -0.39 is 0 Å². The van der Waals surface area contributed by atoms with Gasteiger partial charge in [-0.2, -0.15) is 0 Å². The van der Waals surface area contributed by atoms with Crippen LogP contribution in [0.25, 0.3) is 47.9 Å². The number of rotatable bonds is 4. The van der Waals surface area contributed by atoms with Crippen LogP contribution in [0.5, 0.6) is 0 Å². The lowest BCUT2D eigenvalue weighted by Crippen LogP contribution is -2.43. The molecular weight excluding hydrogens is 683 g/mol. The van der Waals surface area contributed by atoms with E-state index in [1.807, 2.05) is 11.3 Å². The fourth-order valence-corrected chi connectivity index (χ4v) is 11.6. The number of aromatic amines is 1. The summed E-state index contributed by atoms with van der Waals surface area (Å²) >= 11 is 1.86. The van der Waals surface area contributed by atoms with Crippen LogP contribution in [0.15, 0.2) is 163 Å². The molecule has 0 saturated carbocycles. The second-order valence-electron chi connectivity index (χ2n) is 16.1. The van der Waals surface area contributed by atoms with Gasteiger partial charge in [-0.3, -0.25) is 0 Å². The highest BCUT2D eigenvalue weighted by molar-refractivity contribution is 7.25. The molecule has 0 fully saturated rings. The first-order valence-corrected chi connectivity index (χ1v) is 20.3. The van der Waals surface area contributed by atoms with Crippen molar-refractivity contribution in [3.63, 3.8) is 0 Å². The van der Waals surface area contributed by atoms with Gasteiger partial charge >= 0.3 is 0 Å². The molecule has 2 aromatic heterocycles. The molecule has 12 rings (SSSR count). The van der Waals surface area contributed by atoms with E-state index in [9.17, 15) is 0 Å². The summed E-state index contributed by atoms with van der Waals surface area (Å²) in [6.07, 6.45) is 1.02. The molecule has 55 heavy (non-hydrogen) atoms. The van der Waals surface area contributed by atoms with Crippen LogP contribution in [-0.2, 0) is 5.41 Å². The van der Waals surface area contributed by atoms with Gasteiger partial charge < -0.3 is 9.88 Å². The van der Waals surface area contributed by atoms with E-state index >= 15 is 0 Å². The Balaban J connectivity index is 1.15. The van der Waals surface area contributed by atoms with E-state index in [0.29, 0.717) is 0 Å². The maximum atomic E-state index is 3.97. The van der Waals surface area contributed by atoms with E-state index in [-0.39, 0.29) is 11.3 Å². The maximum absolute atomic E-state index is 3.97. The largest absolute Gasteiger partial charge is 0.346 e. The van der Waals surface area contributed by atoms with Crippen molar-refractivity contribution >= 4 is 83.4 Å². The molecule has 0 spiro atoms. The molecule has 260 valence electrons. The number of fused-ring (bicyclic) bond motifs is 10. The molecule has 9 aromatic rings. The summed E-state index contributed by atoms with van der Waals surface area (Å²) in [7, 11) is 0.906.